The lowest BCUT2D eigenvalue weighted by molar-refractivity contribution is -0.136. The summed E-state index contributed by atoms with van der Waals surface area (Å²) in [6, 6.07) is 7.78. The summed E-state index contributed by atoms with van der Waals surface area (Å²) in [6.45, 7) is 2.09. The van der Waals surface area contributed by atoms with Crippen LogP contribution < -0.4 is 10.1 Å². The minimum absolute atomic E-state index is 0.175. The van der Waals surface area contributed by atoms with Gasteiger partial charge >= 0.3 is 5.97 Å². The Kier molecular flexibility index (Phi) is 5.21. The van der Waals surface area contributed by atoms with Crippen LogP contribution in [0.2, 0.25) is 0 Å². The SMILES string of the molecule is O=C(O)CCc1ccc(OC2CCCNCC2)cc1. The van der Waals surface area contributed by atoms with E-state index in [2.05, 4.69) is 5.32 Å². The second kappa shape index (κ2) is 7.14. The summed E-state index contributed by atoms with van der Waals surface area (Å²) >= 11 is 0. The molecule has 2 rings (SSSR count). The van der Waals surface area contributed by atoms with Gasteiger partial charge in [0.05, 0.1) is 6.10 Å². The first kappa shape index (κ1) is 13.9. The normalized spacial score (nSPS) is 19.7. The van der Waals surface area contributed by atoms with Gasteiger partial charge in [0.1, 0.15) is 5.75 Å². The molecule has 4 heteroatoms. The van der Waals surface area contributed by atoms with Crippen molar-refractivity contribution in [3.05, 3.63) is 29.8 Å². The fraction of sp³-hybridized carbons (Fsp3) is 0.533. The number of hydrogen-bond donors (Lipinski definition) is 2. The standard InChI is InChI=1S/C15H21NO3/c17-15(18)8-5-12-3-6-14(7-4-12)19-13-2-1-10-16-11-9-13/h3-4,6-7,13,16H,1-2,5,8-11H2,(H,17,18). The molecule has 1 saturated heterocycles. The first-order valence-electron chi connectivity index (χ1n) is 6.92. The van der Waals surface area contributed by atoms with Crippen molar-refractivity contribution in [3.63, 3.8) is 0 Å². The van der Waals surface area contributed by atoms with E-state index in [1.54, 1.807) is 0 Å². The Hall–Kier alpha value is -1.55. The van der Waals surface area contributed by atoms with Crippen molar-refractivity contribution in [2.75, 3.05) is 13.1 Å². The molecule has 1 aromatic carbocycles. The highest BCUT2D eigenvalue weighted by atomic mass is 16.5. The zero-order valence-electron chi connectivity index (χ0n) is 11.1. The molecule has 1 fully saturated rings. The molecule has 104 valence electrons. The Morgan fingerprint density at radius 2 is 2.05 bits per heavy atom. The zero-order chi connectivity index (χ0) is 13.5. The maximum absolute atomic E-state index is 10.5. The van der Waals surface area contributed by atoms with Crippen molar-refractivity contribution in [3.8, 4) is 5.75 Å². The van der Waals surface area contributed by atoms with Gasteiger partial charge in [-0.1, -0.05) is 12.1 Å². The molecule has 0 saturated carbocycles. The number of aryl methyl sites for hydroxylation is 1. The molecule has 1 aliphatic rings. The van der Waals surface area contributed by atoms with E-state index in [0.29, 0.717) is 12.5 Å². The Labute approximate surface area is 113 Å². The van der Waals surface area contributed by atoms with E-state index < -0.39 is 5.97 Å². The molecule has 1 heterocycles. The first-order valence-corrected chi connectivity index (χ1v) is 6.92. The summed E-state index contributed by atoms with van der Waals surface area (Å²) in [5, 5.41) is 12.0. The third-order valence-corrected chi connectivity index (χ3v) is 3.38. The highest BCUT2D eigenvalue weighted by molar-refractivity contribution is 5.67. The van der Waals surface area contributed by atoms with E-state index in [1.165, 1.54) is 0 Å². The van der Waals surface area contributed by atoms with E-state index in [9.17, 15) is 4.79 Å². The van der Waals surface area contributed by atoms with Gasteiger partial charge in [0.25, 0.3) is 0 Å². The van der Waals surface area contributed by atoms with Gasteiger partial charge in [0.2, 0.25) is 0 Å². The molecule has 0 aliphatic carbocycles. The van der Waals surface area contributed by atoms with Gasteiger partial charge in [0.15, 0.2) is 0 Å². The number of carbonyl (C=O) groups is 1. The van der Waals surface area contributed by atoms with Gasteiger partial charge in [-0.05, 0) is 56.5 Å². The van der Waals surface area contributed by atoms with E-state index in [-0.39, 0.29) is 6.42 Å². The van der Waals surface area contributed by atoms with Gasteiger partial charge < -0.3 is 15.2 Å². The molecule has 19 heavy (non-hydrogen) atoms. The van der Waals surface area contributed by atoms with Crippen molar-refractivity contribution in [2.24, 2.45) is 0 Å². The third-order valence-electron chi connectivity index (χ3n) is 3.38. The van der Waals surface area contributed by atoms with Gasteiger partial charge in [-0.15, -0.1) is 0 Å². The number of benzene rings is 1. The minimum atomic E-state index is -0.758. The van der Waals surface area contributed by atoms with Crippen LogP contribution in [0.4, 0.5) is 0 Å². The predicted octanol–water partition coefficient (Wildman–Crippen LogP) is 2.22. The Balaban J connectivity index is 1.85. The van der Waals surface area contributed by atoms with Crippen molar-refractivity contribution in [2.45, 2.75) is 38.2 Å². The van der Waals surface area contributed by atoms with Crippen LogP contribution in [0.3, 0.4) is 0 Å². The molecule has 1 aliphatic heterocycles. The Morgan fingerprint density at radius 1 is 1.26 bits per heavy atom. The molecule has 1 unspecified atom stereocenters. The average Bonchev–Trinajstić information content (AvgIpc) is 2.66. The average molecular weight is 263 g/mol. The van der Waals surface area contributed by atoms with Crippen LogP contribution in [0.25, 0.3) is 0 Å². The fourth-order valence-electron chi connectivity index (χ4n) is 2.28. The van der Waals surface area contributed by atoms with E-state index in [0.717, 1.165) is 43.7 Å². The number of rotatable bonds is 5. The van der Waals surface area contributed by atoms with Crippen LogP contribution in [0.15, 0.2) is 24.3 Å². The van der Waals surface area contributed by atoms with Crippen LogP contribution in [-0.2, 0) is 11.2 Å². The van der Waals surface area contributed by atoms with Crippen molar-refractivity contribution >= 4 is 5.97 Å². The molecule has 2 N–H and O–H groups in total. The Bertz CT molecular complexity index is 394. The number of carboxylic acids is 1. The summed E-state index contributed by atoms with van der Waals surface area (Å²) in [5.74, 6) is 0.122. The summed E-state index contributed by atoms with van der Waals surface area (Å²) < 4.78 is 5.96. The Morgan fingerprint density at radius 3 is 2.79 bits per heavy atom. The number of carboxylic acid groups (broad SMARTS) is 1. The zero-order valence-corrected chi connectivity index (χ0v) is 11.1. The maximum atomic E-state index is 10.5. The highest BCUT2D eigenvalue weighted by Gasteiger charge is 2.13. The molecular weight excluding hydrogens is 242 g/mol. The largest absolute Gasteiger partial charge is 0.490 e. The van der Waals surface area contributed by atoms with Crippen molar-refractivity contribution < 1.29 is 14.6 Å². The number of ether oxygens (including phenoxy) is 1. The van der Waals surface area contributed by atoms with Gasteiger partial charge in [-0.2, -0.15) is 0 Å². The lowest BCUT2D eigenvalue weighted by Gasteiger charge is -2.16. The lowest BCUT2D eigenvalue weighted by Crippen LogP contribution is -2.19. The van der Waals surface area contributed by atoms with Crippen molar-refractivity contribution in [1.82, 2.24) is 5.32 Å². The molecule has 4 nitrogen and oxygen atoms in total. The third kappa shape index (κ3) is 4.91. The molecule has 1 aromatic rings. The van der Waals surface area contributed by atoms with Crippen molar-refractivity contribution in [1.29, 1.82) is 0 Å². The minimum Gasteiger partial charge on any atom is -0.490 e. The monoisotopic (exact) mass is 263 g/mol. The quantitative estimate of drug-likeness (QED) is 0.855. The number of aliphatic carboxylic acids is 1. The molecule has 0 radical (unpaired) electrons. The van der Waals surface area contributed by atoms with Gasteiger partial charge in [-0.3, -0.25) is 4.79 Å². The first-order chi connectivity index (χ1) is 9.24. The second-order valence-electron chi connectivity index (χ2n) is 4.96. The second-order valence-corrected chi connectivity index (χ2v) is 4.96. The smallest absolute Gasteiger partial charge is 0.303 e. The summed E-state index contributed by atoms with van der Waals surface area (Å²) in [6.07, 6.45) is 4.33. The van der Waals surface area contributed by atoms with Crippen LogP contribution in [0, 0.1) is 0 Å². The highest BCUT2D eigenvalue weighted by Crippen LogP contribution is 2.18. The summed E-state index contributed by atoms with van der Waals surface area (Å²) in [5.41, 5.74) is 1.04. The van der Waals surface area contributed by atoms with Gasteiger partial charge in [-0.25, -0.2) is 0 Å². The van der Waals surface area contributed by atoms with E-state index >= 15 is 0 Å². The number of nitrogens with one attached hydrogen (secondary N) is 1. The summed E-state index contributed by atoms with van der Waals surface area (Å²) in [4.78, 5) is 10.5. The lowest BCUT2D eigenvalue weighted by atomic mass is 10.1. The molecule has 0 amide bonds. The molecule has 0 bridgehead atoms. The molecule has 1 atom stereocenters. The van der Waals surface area contributed by atoms with Crippen LogP contribution in [0.5, 0.6) is 5.75 Å². The molecular formula is C15H21NO3. The number of hydrogen-bond acceptors (Lipinski definition) is 3. The van der Waals surface area contributed by atoms with Gasteiger partial charge in [0, 0.05) is 6.42 Å². The topological polar surface area (TPSA) is 58.6 Å². The predicted molar refractivity (Wildman–Crippen MR) is 73.5 cm³/mol. The molecule has 0 aromatic heterocycles. The van der Waals surface area contributed by atoms with Crippen LogP contribution in [-0.4, -0.2) is 30.3 Å². The van der Waals surface area contributed by atoms with Crippen LogP contribution >= 0.6 is 0 Å². The van der Waals surface area contributed by atoms with E-state index in [4.69, 9.17) is 9.84 Å². The van der Waals surface area contributed by atoms with E-state index in [1.807, 2.05) is 24.3 Å². The fourth-order valence-corrected chi connectivity index (χ4v) is 2.28. The van der Waals surface area contributed by atoms with Crippen LogP contribution in [0.1, 0.15) is 31.2 Å². The molecule has 0 spiro atoms. The maximum Gasteiger partial charge on any atom is 0.303 e. The summed E-state index contributed by atoms with van der Waals surface area (Å²) in [7, 11) is 0.